The van der Waals surface area contributed by atoms with E-state index >= 15 is 0 Å². The summed E-state index contributed by atoms with van der Waals surface area (Å²) in [6.45, 7) is 6.39. The van der Waals surface area contributed by atoms with Gasteiger partial charge in [-0.2, -0.15) is 0 Å². The third-order valence-corrected chi connectivity index (χ3v) is 7.97. The van der Waals surface area contributed by atoms with E-state index in [1.165, 1.54) is 23.7 Å². The summed E-state index contributed by atoms with van der Waals surface area (Å²) < 4.78 is 6.76. The Bertz CT molecular complexity index is 1180. The molecule has 0 aliphatic rings. The van der Waals surface area contributed by atoms with E-state index in [0.29, 0.717) is 17.3 Å². The second-order valence-corrected chi connectivity index (χ2v) is 10.0. The first-order valence-corrected chi connectivity index (χ1v) is 12.9. The van der Waals surface area contributed by atoms with Crippen molar-refractivity contribution < 1.29 is 19.1 Å². The number of aromatic nitrogens is 3. The van der Waals surface area contributed by atoms with Crippen LogP contribution in [0.1, 0.15) is 50.7 Å². The first kappa shape index (κ1) is 24.9. The molecule has 3 aromatic heterocycles. The lowest BCUT2D eigenvalue weighted by Crippen LogP contribution is -2.16. The van der Waals surface area contributed by atoms with Gasteiger partial charge in [0, 0.05) is 22.4 Å². The Kier molecular flexibility index (Phi) is 8.27. The summed E-state index contributed by atoms with van der Waals surface area (Å²) in [5.74, 6) is -0.849. The Morgan fingerprint density at radius 3 is 2.67 bits per heavy atom. The fraction of sp³-hybridized carbons (Fsp3) is 0.381. The predicted octanol–water partition coefficient (Wildman–Crippen LogP) is 3.97. The van der Waals surface area contributed by atoms with E-state index in [9.17, 15) is 14.4 Å². The van der Waals surface area contributed by atoms with Gasteiger partial charge in [0.2, 0.25) is 5.91 Å². The van der Waals surface area contributed by atoms with Crippen molar-refractivity contribution in [2.75, 3.05) is 18.2 Å². The van der Waals surface area contributed by atoms with Gasteiger partial charge in [0.05, 0.1) is 23.3 Å². The first-order chi connectivity index (χ1) is 15.8. The minimum Gasteiger partial charge on any atom is -0.465 e. The predicted molar refractivity (Wildman–Crippen MR) is 131 cm³/mol. The second kappa shape index (κ2) is 10.9. The third kappa shape index (κ3) is 5.45. The number of anilines is 1. The molecule has 0 aromatic carbocycles. The zero-order valence-electron chi connectivity index (χ0n) is 18.8. The van der Waals surface area contributed by atoms with E-state index < -0.39 is 11.9 Å². The average Bonchev–Trinajstić information content (AvgIpc) is 3.49. The van der Waals surface area contributed by atoms with Crippen LogP contribution in [0.25, 0.3) is 11.4 Å². The molecule has 0 fully saturated rings. The molecule has 0 atom stereocenters. The van der Waals surface area contributed by atoms with Gasteiger partial charge >= 0.3 is 5.97 Å². The fourth-order valence-corrected chi connectivity index (χ4v) is 6.08. The van der Waals surface area contributed by atoms with Crippen molar-refractivity contribution in [3.05, 3.63) is 32.3 Å². The number of rotatable bonds is 10. The summed E-state index contributed by atoms with van der Waals surface area (Å²) in [6, 6.07) is 2.13. The van der Waals surface area contributed by atoms with E-state index in [4.69, 9.17) is 10.5 Å². The molecule has 3 N–H and O–H groups in total. The largest absolute Gasteiger partial charge is 0.465 e. The Morgan fingerprint density at radius 1 is 1.27 bits per heavy atom. The van der Waals surface area contributed by atoms with Crippen LogP contribution >= 0.6 is 34.4 Å². The lowest BCUT2D eigenvalue weighted by atomic mass is 10.1. The summed E-state index contributed by atoms with van der Waals surface area (Å²) in [6.07, 6.45) is 2.11. The molecule has 3 rings (SSSR count). The highest BCUT2D eigenvalue weighted by molar-refractivity contribution is 7.99. The number of thiophene rings is 2. The zero-order valence-corrected chi connectivity index (χ0v) is 21.2. The van der Waals surface area contributed by atoms with Crippen molar-refractivity contribution in [3.63, 3.8) is 0 Å². The van der Waals surface area contributed by atoms with E-state index in [0.717, 1.165) is 35.6 Å². The number of amides is 2. The van der Waals surface area contributed by atoms with Gasteiger partial charge in [0.1, 0.15) is 5.00 Å². The molecule has 0 unspecified atom stereocenters. The Balaban J connectivity index is 1.74. The maximum atomic E-state index is 12.6. The molecule has 33 heavy (non-hydrogen) atoms. The topological polar surface area (TPSA) is 129 Å². The highest BCUT2D eigenvalue weighted by atomic mass is 32.2. The minimum atomic E-state index is -0.670. The monoisotopic (exact) mass is 507 g/mol. The molecule has 12 heteroatoms. The van der Waals surface area contributed by atoms with Crippen LogP contribution in [-0.2, 0) is 22.5 Å². The van der Waals surface area contributed by atoms with Gasteiger partial charge in [-0.25, -0.2) is 4.79 Å². The number of carbonyl (C=O) groups excluding carboxylic acids is 3. The Hall–Kier alpha value is -2.70. The second-order valence-electron chi connectivity index (χ2n) is 7.06. The molecule has 0 aliphatic carbocycles. The van der Waals surface area contributed by atoms with Gasteiger partial charge in [-0.3, -0.25) is 9.59 Å². The Labute approximate surface area is 203 Å². The molecule has 9 nitrogen and oxygen atoms in total. The summed E-state index contributed by atoms with van der Waals surface area (Å²) in [5.41, 5.74) is 6.93. The number of hydrogen-bond donors (Lipinski definition) is 2. The van der Waals surface area contributed by atoms with Crippen LogP contribution in [0.2, 0.25) is 0 Å². The van der Waals surface area contributed by atoms with E-state index in [2.05, 4.69) is 33.9 Å². The number of methoxy groups -OCH3 is 1. The smallest absolute Gasteiger partial charge is 0.341 e. The van der Waals surface area contributed by atoms with Crippen LogP contribution in [0.5, 0.6) is 0 Å². The molecule has 0 spiro atoms. The number of primary amides is 1. The number of nitrogens with two attached hydrogens (primary N) is 1. The van der Waals surface area contributed by atoms with Crippen LogP contribution < -0.4 is 11.1 Å². The summed E-state index contributed by atoms with van der Waals surface area (Å²) in [4.78, 5) is 38.0. The van der Waals surface area contributed by atoms with Crippen molar-refractivity contribution in [1.29, 1.82) is 0 Å². The number of hydrogen-bond acceptors (Lipinski definition) is 9. The number of carbonyl (C=O) groups is 3. The normalized spacial score (nSPS) is 10.9. The van der Waals surface area contributed by atoms with Crippen LogP contribution in [0.3, 0.4) is 0 Å². The fourth-order valence-electron chi connectivity index (χ4n) is 3.25. The lowest BCUT2D eigenvalue weighted by molar-refractivity contribution is -0.113. The standard InChI is InChI=1S/C21H25N5O4S3/c1-5-7-13-8-12(9-31-13)18-24-25-21(26(18)6-2)32-10-14(27)23-19-15(20(29)30-4)11(3)16(33-19)17(22)28/h8-9H,5-7,10H2,1-4H3,(H2,22,28)(H,23,27). The number of ether oxygens (including phenoxy) is 1. The highest BCUT2D eigenvalue weighted by Crippen LogP contribution is 2.34. The maximum absolute atomic E-state index is 12.6. The van der Waals surface area contributed by atoms with Crippen LogP contribution in [-0.4, -0.2) is 45.4 Å². The molecule has 3 heterocycles. The zero-order chi connectivity index (χ0) is 24.1. The molecular weight excluding hydrogens is 482 g/mol. The van der Waals surface area contributed by atoms with E-state index in [1.807, 2.05) is 11.5 Å². The summed E-state index contributed by atoms with van der Waals surface area (Å²) in [7, 11) is 1.23. The van der Waals surface area contributed by atoms with Gasteiger partial charge in [-0.1, -0.05) is 25.1 Å². The van der Waals surface area contributed by atoms with Crippen molar-refractivity contribution in [1.82, 2.24) is 14.8 Å². The number of nitrogens with zero attached hydrogens (tertiary/aromatic N) is 3. The maximum Gasteiger partial charge on any atom is 0.341 e. The summed E-state index contributed by atoms with van der Waals surface area (Å²) >= 11 is 3.91. The molecule has 0 saturated heterocycles. The minimum absolute atomic E-state index is 0.0479. The SMILES string of the molecule is CCCc1cc(-c2nnc(SCC(=O)Nc3sc(C(N)=O)c(C)c3C(=O)OC)n2CC)cs1. The van der Waals surface area contributed by atoms with Crippen molar-refractivity contribution in [2.45, 2.75) is 45.3 Å². The average molecular weight is 508 g/mol. The molecule has 0 saturated carbocycles. The van der Waals surface area contributed by atoms with E-state index in [1.54, 1.807) is 18.3 Å². The van der Waals surface area contributed by atoms with Crippen LogP contribution in [0, 0.1) is 6.92 Å². The van der Waals surface area contributed by atoms with Gasteiger partial charge in [-0.05, 0) is 31.9 Å². The molecule has 0 bridgehead atoms. The molecular formula is C21H25N5O4S3. The van der Waals surface area contributed by atoms with Gasteiger partial charge in [0.25, 0.3) is 5.91 Å². The molecule has 2 amide bonds. The third-order valence-electron chi connectivity index (χ3n) is 4.79. The molecule has 176 valence electrons. The van der Waals surface area contributed by atoms with Gasteiger partial charge in [0.15, 0.2) is 11.0 Å². The van der Waals surface area contributed by atoms with Gasteiger partial charge in [-0.15, -0.1) is 32.9 Å². The van der Waals surface area contributed by atoms with Crippen LogP contribution in [0.15, 0.2) is 16.6 Å². The molecule has 3 aromatic rings. The van der Waals surface area contributed by atoms with Crippen molar-refractivity contribution in [3.8, 4) is 11.4 Å². The lowest BCUT2D eigenvalue weighted by Gasteiger charge is -2.07. The van der Waals surface area contributed by atoms with E-state index in [-0.39, 0.29) is 27.1 Å². The first-order valence-electron chi connectivity index (χ1n) is 10.3. The van der Waals surface area contributed by atoms with Crippen molar-refractivity contribution in [2.24, 2.45) is 5.73 Å². The van der Waals surface area contributed by atoms with Gasteiger partial charge < -0.3 is 20.4 Å². The quantitative estimate of drug-likeness (QED) is 0.314. The number of aryl methyl sites for hydroxylation is 1. The Morgan fingerprint density at radius 2 is 2.03 bits per heavy atom. The van der Waals surface area contributed by atoms with Crippen molar-refractivity contribution >= 4 is 57.2 Å². The number of esters is 1. The van der Waals surface area contributed by atoms with Crippen LogP contribution in [0.4, 0.5) is 5.00 Å². The highest BCUT2D eigenvalue weighted by Gasteiger charge is 2.25. The number of thioether (sulfide) groups is 1. The number of nitrogens with one attached hydrogen (secondary N) is 1. The molecule has 0 radical (unpaired) electrons. The summed E-state index contributed by atoms with van der Waals surface area (Å²) in [5, 5.41) is 14.2. The molecule has 0 aliphatic heterocycles.